The van der Waals surface area contributed by atoms with E-state index in [4.69, 9.17) is 9.47 Å². The molecule has 1 saturated carbocycles. The highest BCUT2D eigenvalue weighted by Gasteiger charge is 2.27. The van der Waals surface area contributed by atoms with Gasteiger partial charge in [-0.15, -0.1) is 6.58 Å². The third-order valence-electron chi connectivity index (χ3n) is 6.77. The van der Waals surface area contributed by atoms with E-state index in [1.54, 1.807) is 19.1 Å². The molecule has 0 radical (unpaired) electrons. The Balaban J connectivity index is 0.00000229. The van der Waals surface area contributed by atoms with Gasteiger partial charge in [0, 0.05) is 6.61 Å². The first-order valence-corrected chi connectivity index (χ1v) is 13.3. The summed E-state index contributed by atoms with van der Waals surface area (Å²) in [6.45, 7) is 18.6. The van der Waals surface area contributed by atoms with E-state index in [2.05, 4.69) is 24.5 Å². The number of hydrogen-bond acceptors (Lipinski definition) is 3. The maximum absolute atomic E-state index is 14.8. The van der Waals surface area contributed by atoms with Crippen molar-refractivity contribution in [2.45, 2.75) is 78.2 Å². The summed E-state index contributed by atoms with van der Waals surface area (Å²) in [6.07, 6.45) is 6.28. The Morgan fingerprint density at radius 2 is 1.63 bits per heavy atom. The van der Waals surface area contributed by atoms with Crippen LogP contribution in [0.25, 0.3) is 0 Å². The van der Waals surface area contributed by atoms with Crippen LogP contribution in [0.3, 0.4) is 0 Å². The zero-order valence-electron chi connectivity index (χ0n) is 23.6. The summed E-state index contributed by atoms with van der Waals surface area (Å²) in [5.41, 5.74) is 0.413. The van der Waals surface area contributed by atoms with Gasteiger partial charge in [0.25, 0.3) is 0 Å². The molecule has 0 amide bonds. The normalized spacial score (nSPS) is 19.3. The molecule has 7 heteroatoms. The second-order valence-corrected chi connectivity index (χ2v) is 9.79. The molecule has 2 atom stereocenters. The molecule has 0 saturated heterocycles. The second-order valence-electron chi connectivity index (χ2n) is 9.79. The van der Waals surface area contributed by atoms with Gasteiger partial charge in [0.1, 0.15) is 5.76 Å². The third kappa shape index (κ3) is 9.97. The lowest BCUT2D eigenvalue weighted by Crippen LogP contribution is -2.21. The molecule has 38 heavy (non-hydrogen) atoms. The van der Waals surface area contributed by atoms with E-state index in [9.17, 15) is 17.6 Å². The number of hydrogen-bond donors (Lipinski definition) is 0. The molecule has 0 aromatic heterocycles. The van der Waals surface area contributed by atoms with Crippen LogP contribution in [0, 0.1) is 23.5 Å². The largest absolute Gasteiger partial charge is 0.494 e. The second kappa shape index (κ2) is 17.1. The maximum Gasteiger partial charge on any atom is 0.200 e. The van der Waals surface area contributed by atoms with Crippen molar-refractivity contribution in [2.24, 2.45) is 11.8 Å². The fourth-order valence-corrected chi connectivity index (χ4v) is 4.34. The lowest BCUT2D eigenvalue weighted by Gasteiger charge is -2.29. The van der Waals surface area contributed by atoms with Crippen LogP contribution in [0.1, 0.15) is 77.7 Å². The van der Waals surface area contributed by atoms with Crippen LogP contribution in [0.5, 0.6) is 5.75 Å². The number of allylic oxidation sites excluding steroid dienone is 4. The van der Waals surface area contributed by atoms with Gasteiger partial charge in [-0.25, -0.2) is 8.78 Å². The van der Waals surface area contributed by atoms with E-state index in [1.165, 1.54) is 13.2 Å². The van der Waals surface area contributed by atoms with Crippen molar-refractivity contribution in [3.63, 3.8) is 0 Å². The molecule has 1 aromatic carbocycles. The van der Waals surface area contributed by atoms with Gasteiger partial charge in [0.05, 0.1) is 19.8 Å². The highest BCUT2D eigenvalue weighted by Crippen LogP contribution is 2.37. The topological polar surface area (TPSA) is 27.7 Å². The van der Waals surface area contributed by atoms with E-state index in [-0.39, 0.29) is 41.8 Å². The lowest BCUT2D eigenvalue weighted by molar-refractivity contribution is 0.0325. The molecule has 1 aliphatic carbocycles. The van der Waals surface area contributed by atoms with Crippen LogP contribution in [0.4, 0.5) is 17.6 Å². The van der Waals surface area contributed by atoms with Gasteiger partial charge in [-0.05, 0) is 87.3 Å². The predicted octanol–water partition coefficient (Wildman–Crippen LogP) is 9.52. The smallest absolute Gasteiger partial charge is 0.200 e. The van der Waals surface area contributed by atoms with E-state index >= 15 is 0 Å². The first-order valence-electron chi connectivity index (χ1n) is 13.3. The Morgan fingerprint density at radius 3 is 2.18 bits per heavy atom. The summed E-state index contributed by atoms with van der Waals surface area (Å²) in [4.78, 5) is 0. The lowest BCUT2D eigenvalue weighted by atomic mass is 9.82. The number of ether oxygens (including phenoxy) is 3. The molecule has 0 N–H and O–H groups in total. The molecule has 0 aliphatic heterocycles. The van der Waals surface area contributed by atoms with Gasteiger partial charge in [-0.3, -0.25) is 0 Å². The van der Waals surface area contributed by atoms with Crippen LogP contribution >= 0.6 is 0 Å². The van der Waals surface area contributed by atoms with E-state index in [0.717, 1.165) is 25.7 Å². The average molecular weight is 541 g/mol. The van der Waals surface area contributed by atoms with Crippen LogP contribution in [-0.4, -0.2) is 26.4 Å². The van der Waals surface area contributed by atoms with Crippen molar-refractivity contribution < 1.29 is 31.8 Å². The average Bonchev–Trinajstić information content (AvgIpc) is 2.92. The van der Waals surface area contributed by atoms with Gasteiger partial charge < -0.3 is 14.2 Å². The summed E-state index contributed by atoms with van der Waals surface area (Å²) in [5, 5.41) is 0. The summed E-state index contributed by atoms with van der Waals surface area (Å²) < 4.78 is 73.5. The minimum atomic E-state index is -1.16. The zero-order valence-corrected chi connectivity index (χ0v) is 23.6. The van der Waals surface area contributed by atoms with E-state index in [0.29, 0.717) is 25.0 Å². The van der Waals surface area contributed by atoms with Crippen LogP contribution in [0.2, 0.25) is 0 Å². The summed E-state index contributed by atoms with van der Waals surface area (Å²) >= 11 is 0. The Kier molecular flexibility index (Phi) is 15.1. The van der Waals surface area contributed by atoms with Crippen molar-refractivity contribution in [3.8, 4) is 5.75 Å². The summed E-state index contributed by atoms with van der Waals surface area (Å²) in [7, 11) is 1.21. The monoisotopic (exact) mass is 540 g/mol. The quantitative estimate of drug-likeness (QED) is 0.108. The first-order chi connectivity index (χ1) is 18.0. The van der Waals surface area contributed by atoms with Crippen molar-refractivity contribution in [1.29, 1.82) is 0 Å². The minimum Gasteiger partial charge on any atom is -0.494 e. The SMILES string of the molecule is C=C(OC)/C(F)=C(/F)C(=C)C(C)CCC(C)COc1ccc(C2CCC(OCC)CC2)c(F)c1F.C=CC. The minimum absolute atomic E-state index is 0.0211. The van der Waals surface area contributed by atoms with E-state index < -0.39 is 29.0 Å². The Morgan fingerprint density at radius 1 is 1.03 bits per heavy atom. The predicted molar refractivity (Wildman–Crippen MR) is 146 cm³/mol. The molecule has 0 spiro atoms. The highest BCUT2D eigenvalue weighted by atomic mass is 19.2. The molecular weight excluding hydrogens is 496 g/mol. The fraction of sp³-hybridized carbons (Fsp3) is 0.548. The summed E-state index contributed by atoms with van der Waals surface area (Å²) in [6, 6.07) is 3.11. The Hall–Kier alpha value is -2.54. The fourth-order valence-electron chi connectivity index (χ4n) is 4.34. The van der Waals surface area contributed by atoms with Gasteiger partial charge in [0.15, 0.2) is 23.2 Å². The van der Waals surface area contributed by atoms with Crippen molar-refractivity contribution in [2.75, 3.05) is 20.3 Å². The maximum atomic E-state index is 14.8. The van der Waals surface area contributed by atoms with Gasteiger partial charge >= 0.3 is 0 Å². The molecule has 2 unspecified atom stereocenters. The van der Waals surface area contributed by atoms with Gasteiger partial charge in [-0.1, -0.05) is 39.1 Å². The Labute approximate surface area is 226 Å². The molecule has 1 fully saturated rings. The molecule has 1 aliphatic rings. The number of rotatable bonds is 13. The molecule has 1 aromatic rings. The number of halogens is 4. The number of methoxy groups -OCH3 is 1. The van der Waals surface area contributed by atoms with Gasteiger partial charge in [0.2, 0.25) is 5.82 Å². The molecule has 214 valence electrons. The Bertz CT molecular complexity index is 949. The van der Waals surface area contributed by atoms with Crippen molar-refractivity contribution in [1.82, 2.24) is 0 Å². The van der Waals surface area contributed by atoms with Crippen molar-refractivity contribution in [3.05, 3.63) is 78.1 Å². The van der Waals surface area contributed by atoms with Crippen LogP contribution in [0.15, 0.2) is 60.9 Å². The molecule has 0 heterocycles. The van der Waals surface area contributed by atoms with Crippen molar-refractivity contribution >= 4 is 0 Å². The summed E-state index contributed by atoms with van der Waals surface area (Å²) in [5.74, 6) is -4.94. The molecule has 2 rings (SSSR count). The standard InChI is InChI=1S/C28H38F4O3.C3H6/c1-7-34-22-12-10-21(11-13-22)23-14-15-24(28(32)27(23)31)35-16-17(2)8-9-18(3)19(4)25(29)26(30)20(5)33-6;1-3-2/h14-15,17-18,21-22H,4-5,7-13,16H2,1-3,6H3;3H,1H2,2H3/b26-25-;. The first kappa shape index (κ1) is 33.5. The van der Waals surface area contributed by atoms with Crippen LogP contribution < -0.4 is 4.74 Å². The van der Waals surface area contributed by atoms with Gasteiger partial charge in [-0.2, -0.15) is 8.78 Å². The third-order valence-corrected chi connectivity index (χ3v) is 6.77. The molecular formula is C31H44F4O3. The highest BCUT2D eigenvalue weighted by molar-refractivity contribution is 5.34. The number of benzene rings is 1. The zero-order chi connectivity index (χ0) is 28.8. The molecule has 3 nitrogen and oxygen atoms in total. The van der Waals surface area contributed by atoms with E-state index in [1.807, 2.05) is 20.8 Å². The van der Waals surface area contributed by atoms with Crippen LogP contribution in [-0.2, 0) is 9.47 Å². The molecule has 0 bridgehead atoms.